The van der Waals surface area contributed by atoms with Crippen LogP contribution in [-0.2, 0) is 6.54 Å². The smallest absolute Gasteiger partial charge is 0.124 e. The van der Waals surface area contributed by atoms with Crippen LogP contribution in [0.15, 0.2) is 30.6 Å². The average molecular weight is 419 g/mol. The number of piperidine rings is 1. The molecule has 0 spiro atoms. The van der Waals surface area contributed by atoms with Crippen LogP contribution < -0.4 is 4.74 Å². The number of likely N-dealkylation sites (tertiary alicyclic amines) is 1. The second kappa shape index (κ2) is 10.5. The Morgan fingerprint density at radius 1 is 1.17 bits per heavy atom. The van der Waals surface area contributed by atoms with Gasteiger partial charge in [0.1, 0.15) is 18.2 Å². The van der Waals surface area contributed by atoms with E-state index in [4.69, 9.17) is 21.3 Å². The summed E-state index contributed by atoms with van der Waals surface area (Å²) < 4.78 is 8.40. The van der Waals surface area contributed by atoms with Gasteiger partial charge in [-0.1, -0.05) is 31.0 Å². The number of imidazole rings is 1. The molecule has 1 saturated heterocycles. The van der Waals surface area contributed by atoms with Gasteiger partial charge in [0, 0.05) is 48.0 Å². The number of rotatable bonds is 9. The Morgan fingerprint density at radius 2 is 1.93 bits per heavy atom. The van der Waals surface area contributed by atoms with Crippen molar-refractivity contribution in [3.63, 3.8) is 0 Å². The molecule has 3 rings (SSSR count). The zero-order chi connectivity index (χ0) is 20.8. The number of aromatic nitrogens is 2. The van der Waals surface area contributed by atoms with Crippen molar-refractivity contribution < 1.29 is 4.74 Å². The van der Waals surface area contributed by atoms with E-state index in [0.29, 0.717) is 17.7 Å². The zero-order valence-corrected chi connectivity index (χ0v) is 19.0. The van der Waals surface area contributed by atoms with Gasteiger partial charge in [-0.15, -0.1) is 0 Å². The first-order valence-electron chi connectivity index (χ1n) is 10.8. The molecule has 1 aromatic heterocycles. The SMILES string of the molecule is CC(c1ccc(Cl)cc1OCCN(C)C)c1nccn1CC(C)N1CCCCC1. The van der Waals surface area contributed by atoms with Crippen molar-refractivity contribution in [1.82, 2.24) is 19.4 Å². The monoisotopic (exact) mass is 418 g/mol. The number of halogens is 1. The summed E-state index contributed by atoms with van der Waals surface area (Å²) in [4.78, 5) is 9.43. The van der Waals surface area contributed by atoms with E-state index in [1.54, 1.807) is 0 Å². The minimum Gasteiger partial charge on any atom is -0.492 e. The van der Waals surface area contributed by atoms with Gasteiger partial charge in [0.05, 0.1) is 0 Å². The van der Waals surface area contributed by atoms with Crippen LogP contribution in [0.5, 0.6) is 5.75 Å². The molecule has 29 heavy (non-hydrogen) atoms. The minimum atomic E-state index is 0.130. The summed E-state index contributed by atoms with van der Waals surface area (Å²) in [5.74, 6) is 2.06. The molecule has 1 aliphatic heterocycles. The summed E-state index contributed by atoms with van der Waals surface area (Å²) in [7, 11) is 4.09. The summed E-state index contributed by atoms with van der Waals surface area (Å²) in [5.41, 5.74) is 1.13. The molecule has 2 aromatic rings. The van der Waals surface area contributed by atoms with Crippen molar-refractivity contribution in [2.75, 3.05) is 40.3 Å². The lowest BCUT2D eigenvalue weighted by Crippen LogP contribution is -2.40. The Hall–Kier alpha value is -1.56. The Balaban J connectivity index is 1.75. The maximum Gasteiger partial charge on any atom is 0.124 e. The van der Waals surface area contributed by atoms with Gasteiger partial charge in [-0.25, -0.2) is 4.98 Å². The van der Waals surface area contributed by atoms with Crippen LogP contribution >= 0.6 is 11.6 Å². The molecule has 0 amide bonds. The van der Waals surface area contributed by atoms with Crippen molar-refractivity contribution in [3.8, 4) is 5.75 Å². The summed E-state index contributed by atoms with van der Waals surface area (Å²) in [6.45, 7) is 9.41. The van der Waals surface area contributed by atoms with Gasteiger partial charge in [0.2, 0.25) is 0 Å². The molecular weight excluding hydrogens is 384 g/mol. The lowest BCUT2D eigenvalue weighted by Gasteiger charge is -2.33. The second-order valence-corrected chi connectivity index (χ2v) is 8.88. The first-order chi connectivity index (χ1) is 14.0. The second-order valence-electron chi connectivity index (χ2n) is 8.44. The van der Waals surface area contributed by atoms with Crippen LogP contribution in [0.4, 0.5) is 0 Å². The molecule has 0 saturated carbocycles. The lowest BCUT2D eigenvalue weighted by molar-refractivity contribution is 0.159. The molecule has 160 valence electrons. The van der Waals surface area contributed by atoms with E-state index in [9.17, 15) is 0 Å². The van der Waals surface area contributed by atoms with Crippen LogP contribution in [0.1, 0.15) is 50.4 Å². The van der Waals surface area contributed by atoms with Gasteiger partial charge >= 0.3 is 0 Å². The molecule has 6 heteroatoms. The van der Waals surface area contributed by atoms with Crippen molar-refractivity contribution in [2.45, 2.75) is 51.6 Å². The highest BCUT2D eigenvalue weighted by atomic mass is 35.5. The zero-order valence-electron chi connectivity index (χ0n) is 18.3. The third kappa shape index (κ3) is 5.97. The molecule has 0 bridgehead atoms. The topological polar surface area (TPSA) is 33.5 Å². The van der Waals surface area contributed by atoms with Gasteiger partial charge in [-0.2, -0.15) is 0 Å². The highest BCUT2D eigenvalue weighted by Gasteiger charge is 2.22. The normalized spacial score (nSPS) is 17.4. The van der Waals surface area contributed by atoms with Crippen LogP contribution in [0.3, 0.4) is 0 Å². The minimum absolute atomic E-state index is 0.130. The molecule has 1 aliphatic rings. The number of nitrogens with zero attached hydrogens (tertiary/aromatic N) is 4. The van der Waals surface area contributed by atoms with E-state index in [2.05, 4.69) is 40.5 Å². The summed E-state index contributed by atoms with van der Waals surface area (Å²) in [6, 6.07) is 6.45. The Bertz CT molecular complexity index is 770. The quantitative estimate of drug-likeness (QED) is 0.600. The number of likely N-dealkylation sites (N-methyl/N-ethyl adjacent to an activating group) is 1. The first-order valence-corrected chi connectivity index (χ1v) is 11.2. The van der Waals surface area contributed by atoms with Crippen LogP contribution in [0.2, 0.25) is 5.02 Å². The van der Waals surface area contributed by atoms with E-state index < -0.39 is 0 Å². The largest absolute Gasteiger partial charge is 0.492 e. The van der Waals surface area contributed by atoms with E-state index >= 15 is 0 Å². The first kappa shape index (κ1) is 22.1. The van der Waals surface area contributed by atoms with Gasteiger partial charge in [0.25, 0.3) is 0 Å². The predicted octanol–water partition coefficient (Wildman–Crippen LogP) is 4.50. The fourth-order valence-corrected chi connectivity index (χ4v) is 4.25. The predicted molar refractivity (Wildman–Crippen MR) is 120 cm³/mol. The van der Waals surface area contributed by atoms with Gasteiger partial charge in [-0.05, 0) is 59.1 Å². The van der Waals surface area contributed by atoms with Crippen molar-refractivity contribution in [3.05, 3.63) is 47.0 Å². The molecule has 2 atom stereocenters. The summed E-state index contributed by atoms with van der Waals surface area (Å²) >= 11 is 6.26. The molecule has 0 radical (unpaired) electrons. The molecule has 5 nitrogen and oxygen atoms in total. The average Bonchev–Trinajstić information content (AvgIpc) is 3.16. The molecular formula is C23H35ClN4O. The molecule has 2 heterocycles. The van der Waals surface area contributed by atoms with Gasteiger partial charge < -0.3 is 14.2 Å². The van der Waals surface area contributed by atoms with E-state index in [1.165, 1.54) is 32.4 Å². The van der Waals surface area contributed by atoms with Crippen LogP contribution in [0, 0.1) is 0 Å². The van der Waals surface area contributed by atoms with Crippen molar-refractivity contribution in [1.29, 1.82) is 0 Å². The van der Waals surface area contributed by atoms with Crippen molar-refractivity contribution in [2.24, 2.45) is 0 Å². The van der Waals surface area contributed by atoms with Crippen LogP contribution in [-0.4, -0.2) is 65.7 Å². The molecule has 1 aromatic carbocycles. The highest BCUT2D eigenvalue weighted by Crippen LogP contribution is 2.33. The third-order valence-electron chi connectivity index (χ3n) is 5.85. The lowest BCUT2D eigenvalue weighted by atomic mass is 9.99. The fourth-order valence-electron chi connectivity index (χ4n) is 4.08. The Morgan fingerprint density at radius 3 is 2.66 bits per heavy atom. The van der Waals surface area contributed by atoms with Gasteiger partial charge in [-0.3, -0.25) is 4.90 Å². The number of benzene rings is 1. The maximum atomic E-state index is 6.26. The molecule has 1 fully saturated rings. The summed E-state index contributed by atoms with van der Waals surface area (Å²) in [5, 5.41) is 0.697. The molecule has 0 N–H and O–H groups in total. The number of ether oxygens (including phenoxy) is 1. The van der Waals surface area contributed by atoms with E-state index in [0.717, 1.165) is 30.2 Å². The number of hydrogen-bond acceptors (Lipinski definition) is 4. The fraction of sp³-hybridized carbons (Fsp3) is 0.609. The van der Waals surface area contributed by atoms with E-state index in [1.807, 2.05) is 32.4 Å². The van der Waals surface area contributed by atoms with E-state index in [-0.39, 0.29) is 5.92 Å². The standard InChI is InChI=1S/C23H35ClN4O/c1-18(27-11-6-5-7-12-27)17-28-13-10-25-23(28)19(2)21-9-8-20(24)16-22(21)29-15-14-26(3)4/h8-10,13,16,18-19H,5-7,11-12,14-15,17H2,1-4H3. The maximum absolute atomic E-state index is 6.26. The van der Waals surface area contributed by atoms with Crippen LogP contribution in [0.25, 0.3) is 0 Å². The third-order valence-corrected chi connectivity index (χ3v) is 6.08. The number of hydrogen-bond donors (Lipinski definition) is 0. The molecule has 2 unspecified atom stereocenters. The summed E-state index contributed by atoms with van der Waals surface area (Å²) in [6.07, 6.45) is 8.02. The molecule has 0 aliphatic carbocycles. The highest BCUT2D eigenvalue weighted by molar-refractivity contribution is 6.30. The van der Waals surface area contributed by atoms with Gasteiger partial charge in [0.15, 0.2) is 0 Å². The van der Waals surface area contributed by atoms with Crippen molar-refractivity contribution >= 4 is 11.6 Å². The Labute approximate surface area is 180 Å². The Kier molecular flexibility index (Phi) is 7.99.